The van der Waals surface area contributed by atoms with Crippen LogP contribution in [0.15, 0.2) is 18.6 Å². The Labute approximate surface area is 112 Å². The summed E-state index contributed by atoms with van der Waals surface area (Å²) in [7, 11) is 0. The molecule has 1 saturated carbocycles. The summed E-state index contributed by atoms with van der Waals surface area (Å²) in [4.78, 5) is 8.22. The maximum Gasteiger partial charge on any atom is 0.174 e. The predicted molar refractivity (Wildman–Crippen MR) is 66.3 cm³/mol. The molecular weight excluding hydrogens is 267 g/mol. The number of halogens is 1. The molecule has 0 radical (unpaired) electrons. The van der Waals surface area contributed by atoms with Gasteiger partial charge in [0.25, 0.3) is 0 Å². The van der Waals surface area contributed by atoms with Crippen molar-refractivity contribution in [1.82, 2.24) is 14.5 Å². The highest BCUT2D eigenvalue weighted by atomic mass is 19.1. The summed E-state index contributed by atoms with van der Waals surface area (Å²) < 4.78 is 21.2. The molecule has 1 aliphatic carbocycles. The standard InChI is InChI=1S/C12H13FN4O3/c13-7-9(19)12(3-6(12)18)20-11(7)17-4-16-8-5(14)1-2-15-10(8)17/h1-2,4,6-7,9,11,18-19H,3H2,(H2,14,15)/t6?,7-,9-,11+,12?/m0/s1. The zero-order valence-corrected chi connectivity index (χ0v) is 10.3. The van der Waals surface area contributed by atoms with E-state index in [0.717, 1.165) is 0 Å². The lowest BCUT2D eigenvalue weighted by Gasteiger charge is -2.15. The minimum atomic E-state index is -1.66. The molecule has 2 aliphatic rings. The van der Waals surface area contributed by atoms with E-state index in [4.69, 9.17) is 10.5 Å². The van der Waals surface area contributed by atoms with Crippen molar-refractivity contribution in [2.75, 3.05) is 5.73 Å². The molecule has 4 N–H and O–H groups in total. The SMILES string of the molecule is Nc1ccnc2c1ncn2[C@@H]1OC2(CC2O)[C@@H](O)[C@@H]1F. The van der Waals surface area contributed by atoms with Crippen LogP contribution in [-0.4, -0.2) is 48.7 Å². The summed E-state index contributed by atoms with van der Waals surface area (Å²) >= 11 is 0. The fourth-order valence-electron chi connectivity index (χ4n) is 2.82. The smallest absolute Gasteiger partial charge is 0.174 e. The van der Waals surface area contributed by atoms with Gasteiger partial charge in [-0.2, -0.15) is 0 Å². The molecule has 8 heteroatoms. The van der Waals surface area contributed by atoms with Crippen molar-refractivity contribution in [3.05, 3.63) is 18.6 Å². The normalized spacial score (nSPS) is 39.8. The van der Waals surface area contributed by atoms with E-state index in [1.54, 1.807) is 6.07 Å². The number of nitrogen functional groups attached to an aromatic ring is 1. The Kier molecular flexibility index (Phi) is 2.20. The van der Waals surface area contributed by atoms with Gasteiger partial charge in [0.1, 0.15) is 17.2 Å². The van der Waals surface area contributed by atoms with E-state index in [0.29, 0.717) is 16.9 Å². The highest BCUT2D eigenvalue weighted by Gasteiger charge is 2.69. The second-order valence-corrected chi connectivity index (χ2v) is 5.30. The lowest BCUT2D eigenvalue weighted by atomic mass is 10.1. The van der Waals surface area contributed by atoms with Crippen molar-refractivity contribution in [3.63, 3.8) is 0 Å². The molecule has 2 fully saturated rings. The van der Waals surface area contributed by atoms with Crippen molar-refractivity contribution in [2.45, 2.75) is 36.6 Å². The summed E-state index contributed by atoms with van der Waals surface area (Å²) in [5, 5.41) is 19.5. The Bertz CT molecular complexity index is 692. The first-order chi connectivity index (χ1) is 9.54. The molecule has 3 heterocycles. The zero-order chi connectivity index (χ0) is 14.1. The van der Waals surface area contributed by atoms with Crippen molar-refractivity contribution < 1.29 is 19.3 Å². The molecule has 0 aromatic carbocycles. The molecule has 5 atom stereocenters. The summed E-state index contributed by atoms with van der Waals surface area (Å²) in [5.41, 5.74) is 5.86. The van der Waals surface area contributed by atoms with Crippen LogP contribution in [0.2, 0.25) is 0 Å². The number of imidazole rings is 1. The van der Waals surface area contributed by atoms with Gasteiger partial charge in [-0.3, -0.25) is 4.57 Å². The molecule has 106 valence electrons. The highest BCUT2D eigenvalue weighted by molar-refractivity contribution is 5.83. The van der Waals surface area contributed by atoms with E-state index < -0.39 is 30.2 Å². The van der Waals surface area contributed by atoms with Crippen LogP contribution in [0.3, 0.4) is 0 Å². The van der Waals surface area contributed by atoms with Gasteiger partial charge in [-0.1, -0.05) is 0 Å². The Morgan fingerprint density at radius 2 is 2.20 bits per heavy atom. The second-order valence-electron chi connectivity index (χ2n) is 5.30. The monoisotopic (exact) mass is 280 g/mol. The number of ether oxygens (including phenoxy) is 1. The number of nitrogens with two attached hydrogens (primary N) is 1. The van der Waals surface area contributed by atoms with Crippen LogP contribution in [0.1, 0.15) is 12.6 Å². The number of pyridine rings is 1. The van der Waals surface area contributed by atoms with E-state index in [1.165, 1.54) is 17.1 Å². The van der Waals surface area contributed by atoms with E-state index in [9.17, 15) is 14.6 Å². The summed E-state index contributed by atoms with van der Waals surface area (Å²) in [5.74, 6) is 0. The first-order valence-electron chi connectivity index (χ1n) is 6.29. The number of fused-ring (bicyclic) bond motifs is 1. The van der Waals surface area contributed by atoms with Crippen LogP contribution in [0.4, 0.5) is 10.1 Å². The number of rotatable bonds is 1. The fraction of sp³-hybridized carbons (Fsp3) is 0.500. The lowest BCUT2D eigenvalue weighted by Crippen LogP contribution is -2.32. The van der Waals surface area contributed by atoms with Crippen LogP contribution in [-0.2, 0) is 4.74 Å². The van der Waals surface area contributed by atoms with Crippen LogP contribution < -0.4 is 5.73 Å². The average Bonchev–Trinajstić information content (AvgIpc) is 2.80. The lowest BCUT2D eigenvalue weighted by molar-refractivity contribution is -0.0600. The Balaban J connectivity index is 1.79. The maximum atomic E-state index is 14.3. The zero-order valence-electron chi connectivity index (χ0n) is 10.3. The summed E-state index contributed by atoms with van der Waals surface area (Å²) in [6.45, 7) is 0. The molecule has 2 aromatic heterocycles. The summed E-state index contributed by atoms with van der Waals surface area (Å²) in [6, 6.07) is 1.60. The van der Waals surface area contributed by atoms with Crippen molar-refractivity contribution in [3.8, 4) is 0 Å². The molecule has 1 spiro atoms. The number of nitrogens with zero attached hydrogens (tertiary/aromatic N) is 3. The van der Waals surface area contributed by atoms with E-state index in [2.05, 4.69) is 9.97 Å². The highest BCUT2D eigenvalue weighted by Crippen LogP contribution is 2.54. The van der Waals surface area contributed by atoms with Gasteiger partial charge in [0.2, 0.25) is 0 Å². The molecule has 1 saturated heterocycles. The number of aliphatic hydroxyl groups excluding tert-OH is 2. The number of alkyl halides is 1. The van der Waals surface area contributed by atoms with Gasteiger partial charge in [-0.15, -0.1) is 0 Å². The van der Waals surface area contributed by atoms with Crippen LogP contribution in [0.5, 0.6) is 0 Å². The van der Waals surface area contributed by atoms with Crippen molar-refractivity contribution in [1.29, 1.82) is 0 Å². The van der Waals surface area contributed by atoms with Gasteiger partial charge in [-0.25, -0.2) is 14.4 Å². The third-order valence-electron chi connectivity index (χ3n) is 4.10. The van der Waals surface area contributed by atoms with Crippen LogP contribution in [0.25, 0.3) is 11.2 Å². The van der Waals surface area contributed by atoms with Crippen LogP contribution in [0, 0.1) is 0 Å². The number of hydrogen-bond acceptors (Lipinski definition) is 6. The molecule has 1 aliphatic heterocycles. The first-order valence-corrected chi connectivity index (χ1v) is 6.29. The maximum absolute atomic E-state index is 14.3. The third-order valence-corrected chi connectivity index (χ3v) is 4.10. The second kappa shape index (κ2) is 3.66. The van der Waals surface area contributed by atoms with Gasteiger partial charge in [0.05, 0.1) is 18.1 Å². The molecule has 0 amide bonds. The van der Waals surface area contributed by atoms with E-state index >= 15 is 0 Å². The molecule has 2 aromatic rings. The van der Waals surface area contributed by atoms with Crippen molar-refractivity contribution in [2.24, 2.45) is 0 Å². The average molecular weight is 280 g/mol. The summed E-state index contributed by atoms with van der Waals surface area (Å²) in [6.07, 6.45) is -1.82. The minimum Gasteiger partial charge on any atom is -0.397 e. The first kappa shape index (κ1) is 12.0. The molecule has 2 unspecified atom stereocenters. The fourth-order valence-corrected chi connectivity index (χ4v) is 2.82. The number of anilines is 1. The van der Waals surface area contributed by atoms with Gasteiger partial charge in [-0.05, 0) is 6.07 Å². The Hall–Kier alpha value is -1.77. The van der Waals surface area contributed by atoms with Crippen LogP contribution >= 0.6 is 0 Å². The molecule has 20 heavy (non-hydrogen) atoms. The number of hydrogen-bond donors (Lipinski definition) is 3. The number of aliphatic hydroxyl groups is 2. The molecule has 4 rings (SSSR count). The minimum absolute atomic E-state index is 0.229. The van der Waals surface area contributed by atoms with Gasteiger partial charge < -0.3 is 20.7 Å². The van der Waals surface area contributed by atoms with E-state index in [1.807, 2.05) is 0 Å². The molecular formula is C12H13FN4O3. The Morgan fingerprint density at radius 3 is 2.85 bits per heavy atom. The quantitative estimate of drug-likeness (QED) is 0.664. The van der Waals surface area contributed by atoms with E-state index in [-0.39, 0.29) is 6.42 Å². The van der Waals surface area contributed by atoms with Gasteiger partial charge >= 0.3 is 0 Å². The molecule has 7 nitrogen and oxygen atoms in total. The predicted octanol–water partition coefficient (Wildman–Crippen LogP) is -0.255. The van der Waals surface area contributed by atoms with Gasteiger partial charge in [0.15, 0.2) is 18.0 Å². The molecule has 0 bridgehead atoms. The van der Waals surface area contributed by atoms with Crippen molar-refractivity contribution >= 4 is 16.9 Å². The topological polar surface area (TPSA) is 106 Å². The Morgan fingerprint density at radius 1 is 1.45 bits per heavy atom. The largest absolute Gasteiger partial charge is 0.397 e. The van der Waals surface area contributed by atoms with Gasteiger partial charge in [0, 0.05) is 12.6 Å². The third kappa shape index (κ3) is 1.33. The number of aromatic nitrogens is 3.